The Bertz CT molecular complexity index is 342. The van der Waals surface area contributed by atoms with Crippen LogP contribution in [0.15, 0.2) is 0 Å². The first kappa shape index (κ1) is 13.7. The van der Waals surface area contributed by atoms with Crippen molar-refractivity contribution in [2.24, 2.45) is 11.3 Å². The molecule has 3 atom stereocenters. The summed E-state index contributed by atoms with van der Waals surface area (Å²) < 4.78 is 37.2. The van der Waals surface area contributed by atoms with Crippen LogP contribution in [0.1, 0.15) is 45.4 Å². The highest BCUT2D eigenvalue weighted by molar-refractivity contribution is 5.85. The molecule has 2 fully saturated rings. The number of alkyl halides is 3. The van der Waals surface area contributed by atoms with Crippen molar-refractivity contribution in [2.75, 3.05) is 7.05 Å². The Morgan fingerprint density at radius 3 is 2.56 bits per heavy atom. The lowest BCUT2D eigenvalue weighted by Gasteiger charge is -2.34. The van der Waals surface area contributed by atoms with Gasteiger partial charge in [-0.1, -0.05) is 19.8 Å². The third kappa shape index (κ3) is 2.24. The number of rotatable bonds is 2. The molecule has 0 N–H and O–H groups in total. The summed E-state index contributed by atoms with van der Waals surface area (Å²) >= 11 is 0. The van der Waals surface area contributed by atoms with E-state index in [9.17, 15) is 18.0 Å². The van der Waals surface area contributed by atoms with E-state index in [2.05, 4.69) is 0 Å². The molecule has 0 radical (unpaired) electrons. The van der Waals surface area contributed by atoms with Crippen LogP contribution in [0.2, 0.25) is 0 Å². The molecule has 1 aliphatic carbocycles. The van der Waals surface area contributed by atoms with E-state index in [-0.39, 0.29) is 24.3 Å². The van der Waals surface area contributed by atoms with Crippen molar-refractivity contribution >= 4 is 5.91 Å². The van der Waals surface area contributed by atoms with Crippen LogP contribution in [-0.4, -0.2) is 30.1 Å². The molecule has 0 spiro atoms. The monoisotopic (exact) mass is 263 g/mol. The minimum absolute atomic E-state index is 0.0686. The molecule has 2 aliphatic rings. The van der Waals surface area contributed by atoms with Crippen LogP contribution in [-0.2, 0) is 4.79 Å². The predicted molar refractivity (Wildman–Crippen MR) is 61.9 cm³/mol. The Kier molecular flexibility index (Phi) is 3.36. The normalized spacial score (nSPS) is 36.9. The molecule has 1 aliphatic heterocycles. The molecule has 0 bridgehead atoms. The highest BCUT2D eigenvalue weighted by Crippen LogP contribution is 2.50. The average molecular weight is 263 g/mol. The molecule has 1 amide bonds. The fraction of sp³-hybridized carbons (Fsp3) is 0.923. The number of fused-ring (bicyclic) bond motifs is 1. The molecule has 104 valence electrons. The van der Waals surface area contributed by atoms with E-state index in [1.54, 1.807) is 18.9 Å². The summed E-state index contributed by atoms with van der Waals surface area (Å²) in [6, 6.07) is 0.157. The van der Waals surface area contributed by atoms with Crippen LogP contribution in [0.3, 0.4) is 0 Å². The quantitative estimate of drug-likeness (QED) is 0.748. The molecule has 3 unspecified atom stereocenters. The van der Waals surface area contributed by atoms with Gasteiger partial charge in [0, 0.05) is 19.5 Å². The summed E-state index contributed by atoms with van der Waals surface area (Å²) in [6.45, 7) is 1.73. The molecular formula is C13H20F3NO. The lowest BCUT2D eigenvalue weighted by Crippen LogP contribution is -2.34. The largest absolute Gasteiger partial charge is 0.389 e. The van der Waals surface area contributed by atoms with Gasteiger partial charge in [-0.2, -0.15) is 13.2 Å². The second kappa shape index (κ2) is 4.42. The zero-order valence-electron chi connectivity index (χ0n) is 10.9. The summed E-state index contributed by atoms with van der Waals surface area (Å²) in [7, 11) is 1.74. The molecule has 18 heavy (non-hydrogen) atoms. The van der Waals surface area contributed by atoms with Gasteiger partial charge in [-0.15, -0.1) is 0 Å². The van der Waals surface area contributed by atoms with Gasteiger partial charge >= 0.3 is 6.18 Å². The number of halogens is 3. The third-order valence-corrected chi connectivity index (χ3v) is 4.78. The number of carbonyl (C=O) groups is 1. The molecule has 0 aromatic carbocycles. The standard InChI is InChI=1S/C13H20F3NO/c1-12(7-8-13(14,15)16)9-5-3-4-6-10(9)17(2)11(12)18/h9-10H,3-8H2,1-2H3. The van der Waals surface area contributed by atoms with E-state index in [0.717, 1.165) is 25.7 Å². The highest BCUT2D eigenvalue weighted by Gasteiger charge is 2.55. The van der Waals surface area contributed by atoms with E-state index in [1.165, 1.54) is 0 Å². The SMILES string of the molecule is CN1C(=O)C(C)(CCC(F)(F)F)C2CCCCC21. The van der Waals surface area contributed by atoms with E-state index >= 15 is 0 Å². The van der Waals surface area contributed by atoms with Gasteiger partial charge in [-0.05, 0) is 25.2 Å². The van der Waals surface area contributed by atoms with E-state index in [0.29, 0.717) is 0 Å². The van der Waals surface area contributed by atoms with Crippen LogP contribution >= 0.6 is 0 Å². The summed E-state index contributed by atoms with van der Waals surface area (Å²) in [5.41, 5.74) is -0.810. The van der Waals surface area contributed by atoms with Crippen LogP contribution in [0, 0.1) is 11.3 Å². The highest BCUT2D eigenvalue weighted by atomic mass is 19.4. The zero-order valence-corrected chi connectivity index (χ0v) is 10.9. The maximum absolute atomic E-state index is 12.4. The van der Waals surface area contributed by atoms with Crippen LogP contribution in [0.25, 0.3) is 0 Å². The maximum atomic E-state index is 12.4. The minimum Gasteiger partial charge on any atom is -0.342 e. The summed E-state index contributed by atoms with van der Waals surface area (Å²) in [4.78, 5) is 14.0. The number of nitrogens with zero attached hydrogens (tertiary/aromatic N) is 1. The average Bonchev–Trinajstić information content (AvgIpc) is 2.50. The third-order valence-electron chi connectivity index (χ3n) is 4.78. The first-order valence-electron chi connectivity index (χ1n) is 6.60. The van der Waals surface area contributed by atoms with Crippen LogP contribution < -0.4 is 0 Å². The fourth-order valence-corrected chi connectivity index (χ4v) is 3.72. The molecular weight excluding hydrogens is 243 g/mol. The molecule has 1 saturated heterocycles. The van der Waals surface area contributed by atoms with Gasteiger partial charge < -0.3 is 4.90 Å². The van der Waals surface area contributed by atoms with Gasteiger partial charge in [0.1, 0.15) is 0 Å². The molecule has 1 heterocycles. The van der Waals surface area contributed by atoms with E-state index in [4.69, 9.17) is 0 Å². The van der Waals surface area contributed by atoms with Gasteiger partial charge in [-0.3, -0.25) is 4.79 Å². The van der Waals surface area contributed by atoms with Gasteiger partial charge in [0.05, 0.1) is 5.41 Å². The lowest BCUT2D eigenvalue weighted by molar-refractivity contribution is -0.148. The maximum Gasteiger partial charge on any atom is 0.389 e. The molecule has 5 heteroatoms. The van der Waals surface area contributed by atoms with Gasteiger partial charge in [0.25, 0.3) is 0 Å². The molecule has 0 aromatic rings. The first-order valence-corrected chi connectivity index (χ1v) is 6.60. The number of hydrogen-bond donors (Lipinski definition) is 0. The molecule has 2 nitrogen and oxygen atoms in total. The first-order chi connectivity index (χ1) is 8.26. The molecule has 1 saturated carbocycles. The Labute approximate surface area is 106 Å². The van der Waals surface area contributed by atoms with Crippen molar-refractivity contribution in [3.05, 3.63) is 0 Å². The molecule has 0 aromatic heterocycles. The molecule has 2 rings (SSSR count). The van der Waals surface area contributed by atoms with Crippen molar-refractivity contribution in [3.63, 3.8) is 0 Å². The Hall–Kier alpha value is -0.740. The second-order valence-corrected chi connectivity index (χ2v) is 5.91. The number of likely N-dealkylation sites (tertiary alicyclic amines) is 1. The van der Waals surface area contributed by atoms with Crippen molar-refractivity contribution in [3.8, 4) is 0 Å². The van der Waals surface area contributed by atoms with Crippen molar-refractivity contribution in [1.82, 2.24) is 4.90 Å². The summed E-state index contributed by atoms with van der Waals surface area (Å²) in [5, 5.41) is 0. The zero-order chi connectivity index (χ0) is 13.6. The summed E-state index contributed by atoms with van der Waals surface area (Å²) in [6.07, 6.45) is -1.16. The smallest absolute Gasteiger partial charge is 0.342 e. The number of amides is 1. The lowest BCUT2D eigenvalue weighted by atomic mass is 9.68. The van der Waals surface area contributed by atoms with Crippen molar-refractivity contribution < 1.29 is 18.0 Å². The predicted octanol–water partition coefficient (Wildman–Crippen LogP) is 3.37. The van der Waals surface area contributed by atoms with Gasteiger partial charge in [-0.25, -0.2) is 0 Å². The number of carbonyl (C=O) groups excluding carboxylic acids is 1. The summed E-state index contributed by atoms with van der Waals surface area (Å²) in [5.74, 6) is 0.00903. The topological polar surface area (TPSA) is 20.3 Å². The minimum atomic E-state index is -4.17. The van der Waals surface area contributed by atoms with Crippen LogP contribution in [0.4, 0.5) is 13.2 Å². The van der Waals surface area contributed by atoms with Crippen molar-refractivity contribution in [2.45, 2.75) is 57.7 Å². The Balaban J connectivity index is 2.16. The fourth-order valence-electron chi connectivity index (χ4n) is 3.72. The van der Waals surface area contributed by atoms with Crippen molar-refractivity contribution in [1.29, 1.82) is 0 Å². The van der Waals surface area contributed by atoms with E-state index < -0.39 is 18.0 Å². The Morgan fingerprint density at radius 1 is 1.33 bits per heavy atom. The van der Waals surface area contributed by atoms with Gasteiger partial charge in [0.15, 0.2) is 0 Å². The number of hydrogen-bond acceptors (Lipinski definition) is 1. The van der Waals surface area contributed by atoms with Crippen LogP contribution in [0.5, 0.6) is 0 Å². The Morgan fingerprint density at radius 2 is 1.94 bits per heavy atom. The second-order valence-electron chi connectivity index (χ2n) is 5.91. The van der Waals surface area contributed by atoms with E-state index in [1.807, 2.05) is 0 Å². The van der Waals surface area contributed by atoms with Gasteiger partial charge in [0.2, 0.25) is 5.91 Å².